The van der Waals surface area contributed by atoms with E-state index in [1.807, 2.05) is 0 Å². The summed E-state index contributed by atoms with van der Waals surface area (Å²) >= 11 is 6.08. The SMILES string of the molecule is Nc1cnc(N2CCCCC2)c(Cl)c1. The van der Waals surface area contributed by atoms with Gasteiger partial charge in [-0.15, -0.1) is 0 Å². The van der Waals surface area contributed by atoms with Gasteiger partial charge in [0.2, 0.25) is 0 Å². The highest BCUT2D eigenvalue weighted by Gasteiger charge is 2.14. The second-order valence-electron chi connectivity index (χ2n) is 3.62. The molecule has 0 unspecified atom stereocenters. The van der Waals surface area contributed by atoms with Crippen LogP contribution in [0.1, 0.15) is 19.3 Å². The maximum Gasteiger partial charge on any atom is 0.147 e. The van der Waals surface area contributed by atoms with E-state index in [0.717, 1.165) is 18.9 Å². The van der Waals surface area contributed by atoms with Crippen LogP contribution in [0.15, 0.2) is 12.3 Å². The van der Waals surface area contributed by atoms with E-state index in [0.29, 0.717) is 10.7 Å². The van der Waals surface area contributed by atoms with Crippen LogP contribution in [0.5, 0.6) is 0 Å². The van der Waals surface area contributed by atoms with Crippen molar-refractivity contribution in [2.24, 2.45) is 0 Å². The van der Waals surface area contributed by atoms with Gasteiger partial charge in [0.1, 0.15) is 5.82 Å². The first kappa shape index (κ1) is 9.59. The van der Waals surface area contributed by atoms with E-state index in [1.165, 1.54) is 19.3 Å². The first-order chi connectivity index (χ1) is 6.77. The van der Waals surface area contributed by atoms with Crippen molar-refractivity contribution >= 4 is 23.1 Å². The van der Waals surface area contributed by atoms with Crippen molar-refractivity contribution in [1.29, 1.82) is 0 Å². The summed E-state index contributed by atoms with van der Waals surface area (Å²) in [6, 6.07) is 1.76. The van der Waals surface area contributed by atoms with Gasteiger partial charge in [-0.1, -0.05) is 11.6 Å². The Balaban J connectivity index is 2.22. The van der Waals surface area contributed by atoms with Crippen molar-refractivity contribution in [3.05, 3.63) is 17.3 Å². The van der Waals surface area contributed by atoms with Crippen molar-refractivity contribution in [2.45, 2.75) is 19.3 Å². The Kier molecular flexibility index (Phi) is 2.77. The molecule has 0 bridgehead atoms. The summed E-state index contributed by atoms with van der Waals surface area (Å²) in [6.45, 7) is 2.10. The molecule has 0 radical (unpaired) electrons. The van der Waals surface area contributed by atoms with Crippen LogP contribution in [0.2, 0.25) is 5.02 Å². The van der Waals surface area contributed by atoms with Gasteiger partial charge in [0, 0.05) is 13.1 Å². The van der Waals surface area contributed by atoms with Gasteiger partial charge < -0.3 is 10.6 Å². The predicted molar refractivity (Wildman–Crippen MR) is 59.7 cm³/mol. The van der Waals surface area contributed by atoms with E-state index in [-0.39, 0.29) is 0 Å². The van der Waals surface area contributed by atoms with Gasteiger partial charge in [-0.05, 0) is 25.3 Å². The average Bonchev–Trinajstić information content (AvgIpc) is 2.19. The molecule has 1 saturated heterocycles. The third-order valence-electron chi connectivity index (χ3n) is 2.50. The minimum absolute atomic E-state index is 0.621. The summed E-state index contributed by atoms with van der Waals surface area (Å²) in [5, 5.41) is 0.659. The summed E-state index contributed by atoms with van der Waals surface area (Å²) in [5.41, 5.74) is 6.21. The molecule has 1 aliphatic heterocycles. The summed E-state index contributed by atoms with van der Waals surface area (Å²) in [5.74, 6) is 0.876. The number of rotatable bonds is 1. The molecule has 0 saturated carbocycles. The van der Waals surface area contributed by atoms with Crippen LogP contribution in [0.3, 0.4) is 0 Å². The fourth-order valence-corrected chi connectivity index (χ4v) is 2.08. The molecule has 0 aliphatic carbocycles. The normalized spacial score (nSPS) is 17.1. The standard InChI is InChI=1S/C10H14ClN3/c11-9-6-8(12)7-13-10(9)14-4-2-1-3-5-14/h6-7H,1-5,12H2. The van der Waals surface area contributed by atoms with Crippen molar-refractivity contribution < 1.29 is 0 Å². The number of halogens is 1. The topological polar surface area (TPSA) is 42.1 Å². The fraction of sp³-hybridized carbons (Fsp3) is 0.500. The third kappa shape index (κ3) is 1.93. The van der Waals surface area contributed by atoms with Gasteiger partial charge in [-0.25, -0.2) is 4.98 Å². The Labute approximate surface area is 88.9 Å². The highest BCUT2D eigenvalue weighted by Crippen LogP contribution is 2.27. The van der Waals surface area contributed by atoms with Crippen molar-refractivity contribution in [1.82, 2.24) is 4.98 Å². The predicted octanol–water partition coefficient (Wildman–Crippen LogP) is 2.31. The molecule has 1 aromatic rings. The van der Waals surface area contributed by atoms with Gasteiger partial charge in [-0.2, -0.15) is 0 Å². The lowest BCUT2D eigenvalue weighted by Gasteiger charge is -2.28. The molecule has 0 aromatic carbocycles. The molecule has 1 aliphatic rings. The molecule has 1 fully saturated rings. The Morgan fingerprint density at radius 3 is 2.64 bits per heavy atom. The van der Waals surface area contributed by atoms with E-state index in [9.17, 15) is 0 Å². The molecule has 4 heteroatoms. The largest absolute Gasteiger partial charge is 0.397 e. The maximum absolute atomic E-state index is 6.08. The van der Waals surface area contributed by atoms with E-state index in [2.05, 4.69) is 9.88 Å². The summed E-state index contributed by atoms with van der Waals surface area (Å²) in [6.07, 6.45) is 5.42. The van der Waals surface area contributed by atoms with E-state index < -0.39 is 0 Å². The molecule has 2 heterocycles. The van der Waals surface area contributed by atoms with Crippen molar-refractivity contribution in [3.63, 3.8) is 0 Å². The highest BCUT2D eigenvalue weighted by molar-refractivity contribution is 6.33. The van der Waals surface area contributed by atoms with Crippen LogP contribution >= 0.6 is 11.6 Å². The van der Waals surface area contributed by atoms with Crippen LogP contribution in [0.25, 0.3) is 0 Å². The molecule has 2 rings (SSSR count). The van der Waals surface area contributed by atoms with E-state index in [4.69, 9.17) is 17.3 Å². The van der Waals surface area contributed by atoms with Crippen LogP contribution < -0.4 is 10.6 Å². The first-order valence-corrected chi connectivity index (χ1v) is 5.31. The summed E-state index contributed by atoms with van der Waals surface area (Å²) < 4.78 is 0. The second-order valence-corrected chi connectivity index (χ2v) is 4.03. The molecular formula is C10H14ClN3. The smallest absolute Gasteiger partial charge is 0.147 e. The number of hydrogen-bond acceptors (Lipinski definition) is 3. The molecular weight excluding hydrogens is 198 g/mol. The van der Waals surface area contributed by atoms with E-state index >= 15 is 0 Å². The Morgan fingerprint density at radius 1 is 1.29 bits per heavy atom. The van der Waals surface area contributed by atoms with Gasteiger partial charge in [0.25, 0.3) is 0 Å². The molecule has 3 nitrogen and oxygen atoms in total. The fourth-order valence-electron chi connectivity index (χ4n) is 1.78. The third-order valence-corrected chi connectivity index (χ3v) is 2.78. The van der Waals surface area contributed by atoms with E-state index in [1.54, 1.807) is 12.3 Å². The quantitative estimate of drug-likeness (QED) is 0.775. The lowest BCUT2D eigenvalue weighted by molar-refractivity contribution is 0.573. The number of nitrogen functional groups attached to an aromatic ring is 1. The number of aromatic nitrogens is 1. The van der Waals surface area contributed by atoms with Gasteiger partial charge in [0.15, 0.2) is 0 Å². The molecule has 1 aromatic heterocycles. The monoisotopic (exact) mass is 211 g/mol. The highest BCUT2D eigenvalue weighted by atomic mass is 35.5. The maximum atomic E-state index is 6.08. The first-order valence-electron chi connectivity index (χ1n) is 4.93. The molecule has 2 N–H and O–H groups in total. The average molecular weight is 212 g/mol. The number of hydrogen-bond donors (Lipinski definition) is 1. The molecule has 0 spiro atoms. The lowest BCUT2D eigenvalue weighted by Crippen LogP contribution is -2.30. The number of nitrogens with zero attached hydrogens (tertiary/aromatic N) is 2. The molecule has 14 heavy (non-hydrogen) atoms. The van der Waals surface area contributed by atoms with Crippen LogP contribution in [-0.2, 0) is 0 Å². The lowest BCUT2D eigenvalue weighted by atomic mass is 10.1. The van der Waals surface area contributed by atoms with Gasteiger partial charge in [-0.3, -0.25) is 0 Å². The number of nitrogens with two attached hydrogens (primary N) is 1. The number of piperidine rings is 1. The van der Waals surface area contributed by atoms with Crippen molar-refractivity contribution in [2.75, 3.05) is 23.7 Å². The Hall–Kier alpha value is -0.960. The Bertz CT molecular complexity index is 321. The van der Waals surface area contributed by atoms with Crippen molar-refractivity contribution in [3.8, 4) is 0 Å². The van der Waals surface area contributed by atoms with Gasteiger partial charge in [0.05, 0.1) is 16.9 Å². The molecule has 0 amide bonds. The number of pyridine rings is 1. The second kappa shape index (κ2) is 4.05. The van der Waals surface area contributed by atoms with Crippen LogP contribution in [-0.4, -0.2) is 18.1 Å². The minimum atomic E-state index is 0.621. The summed E-state index contributed by atoms with van der Waals surface area (Å²) in [4.78, 5) is 6.50. The minimum Gasteiger partial charge on any atom is -0.397 e. The zero-order valence-electron chi connectivity index (χ0n) is 8.04. The van der Waals surface area contributed by atoms with Gasteiger partial charge >= 0.3 is 0 Å². The molecule has 0 atom stereocenters. The summed E-state index contributed by atoms with van der Waals surface area (Å²) in [7, 11) is 0. The Morgan fingerprint density at radius 2 is 2.00 bits per heavy atom. The molecule has 76 valence electrons. The van der Waals surface area contributed by atoms with Crippen LogP contribution in [0, 0.1) is 0 Å². The van der Waals surface area contributed by atoms with Crippen LogP contribution in [0.4, 0.5) is 11.5 Å². The zero-order chi connectivity index (χ0) is 9.97. The number of anilines is 2. The zero-order valence-corrected chi connectivity index (χ0v) is 8.80.